The van der Waals surface area contributed by atoms with E-state index < -0.39 is 0 Å². The lowest BCUT2D eigenvalue weighted by Gasteiger charge is -2.10. The van der Waals surface area contributed by atoms with E-state index in [0.717, 1.165) is 54.4 Å². The van der Waals surface area contributed by atoms with Gasteiger partial charge in [-0.2, -0.15) is 0 Å². The molecule has 0 spiro atoms. The van der Waals surface area contributed by atoms with Gasteiger partial charge in [-0.25, -0.2) is 4.98 Å². The average molecular weight is 520 g/mol. The zero-order valence-corrected chi connectivity index (χ0v) is 21.6. The fraction of sp³-hybridized carbons (Fsp3) is 0. The topological polar surface area (TPSA) is 43.9 Å². The molecule has 0 unspecified atom stereocenters. The number of para-hydroxylation sites is 1. The predicted octanol–water partition coefficient (Wildman–Crippen LogP) is 9.38. The van der Waals surface area contributed by atoms with Crippen LogP contribution in [0.2, 0.25) is 0 Å². The summed E-state index contributed by atoms with van der Waals surface area (Å²) in [5.41, 5.74) is 9.82. The van der Waals surface area contributed by atoms with Crippen molar-refractivity contribution in [2.24, 2.45) is 0 Å². The Kier molecular flexibility index (Phi) is 4.96. The van der Waals surface area contributed by atoms with Gasteiger partial charge >= 0.3 is 0 Å². The van der Waals surface area contributed by atoms with Crippen molar-refractivity contribution >= 4 is 43.4 Å². The Morgan fingerprint density at radius 1 is 0.641 bits per heavy atom. The Morgan fingerprint density at radius 2 is 1.54 bits per heavy atom. The minimum absolute atomic E-state index is 0.963. The lowest BCUT2D eigenvalue weighted by Crippen LogP contribution is -1.95. The number of thiazole rings is 1. The van der Waals surface area contributed by atoms with E-state index in [2.05, 4.69) is 94.5 Å². The van der Waals surface area contributed by atoms with E-state index in [9.17, 15) is 0 Å². The summed E-state index contributed by atoms with van der Waals surface area (Å²) < 4.78 is 8.80. The van der Waals surface area contributed by atoms with Crippen LogP contribution < -0.4 is 0 Å². The lowest BCUT2D eigenvalue weighted by molar-refractivity contribution is 0.568. The molecule has 0 saturated carbocycles. The van der Waals surface area contributed by atoms with Gasteiger partial charge in [-0.15, -0.1) is 11.3 Å². The molecule has 184 valence electrons. The van der Waals surface area contributed by atoms with E-state index in [1.54, 1.807) is 23.9 Å². The maximum atomic E-state index is 5.28. The van der Waals surface area contributed by atoms with Crippen molar-refractivity contribution in [1.29, 1.82) is 0 Å². The van der Waals surface area contributed by atoms with E-state index in [0.29, 0.717) is 0 Å². The van der Waals surface area contributed by atoms with Crippen LogP contribution in [0.3, 0.4) is 0 Å². The molecule has 0 radical (unpaired) electrons. The smallest absolute Gasteiger partial charge is 0.124 e. The van der Waals surface area contributed by atoms with Crippen molar-refractivity contribution in [1.82, 2.24) is 14.5 Å². The van der Waals surface area contributed by atoms with Crippen LogP contribution in [0.15, 0.2) is 132 Å². The Bertz CT molecular complexity index is 2120. The van der Waals surface area contributed by atoms with E-state index >= 15 is 0 Å². The zero-order valence-electron chi connectivity index (χ0n) is 20.8. The number of hydrogen-bond acceptors (Lipinski definition) is 4. The van der Waals surface area contributed by atoms with Crippen molar-refractivity contribution < 1.29 is 4.42 Å². The van der Waals surface area contributed by atoms with Crippen LogP contribution in [0.4, 0.5) is 0 Å². The summed E-state index contributed by atoms with van der Waals surface area (Å²) in [7, 11) is 0. The van der Waals surface area contributed by atoms with E-state index in [4.69, 9.17) is 9.40 Å². The van der Waals surface area contributed by atoms with E-state index in [1.165, 1.54) is 16.3 Å². The van der Waals surface area contributed by atoms with Crippen molar-refractivity contribution in [3.05, 3.63) is 128 Å². The highest BCUT2D eigenvalue weighted by Gasteiger charge is 2.15. The molecule has 8 aromatic rings. The van der Waals surface area contributed by atoms with Gasteiger partial charge in [-0.3, -0.25) is 4.98 Å². The first-order chi connectivity index (χ1) is 19.3. The van der Waals surface area contributed by atoms with E-state index in [1.807, 2.05) is 30.5 Å². The Balaban J connectivity index is 1.31. The second-order valence-corrected chi connectivity index (χ2v) is 10.6. The third-order valence-electron chi connectivity index (χ3n) is 7.23. The molecule has 0 amide bonds. The van der Waals surface area contributed by atoms with Crippen LogP contribution in [-0.2, 0) is 0 Å². The normalized spacial score (nSPS) is 11.6. The molecular formula is C34H21N3OS. The Morgan fingerprint density at radius 3 is 2.44 bits per heavy atom. The van der Waals surface area contributed by atoms with Gasteiger partial charge in [0.2, 0.25) is 0 Å². The van der Waals surface area contributed by atoms with Gasteiger partial charge in [-0.05, 0) is 60.2 Å². The van der Waals surface area contributed by atoms with Crippen LogP contribution in [0.5, 0.6) is 0 Å². The summed E-state index contributed by atoms with van der Waals surface area (Å²) in [6.07, 6.45) is 5.32. The number of benzene rings is 4. The predicted molar refractivity (Wildman–Crippen MR) is 160 cm³/mol. The first kappa shape index (κ1) is 22.0. The standard InChI is InChI=1S/C34H21N3OS/c1-2-10-31-27(8-1)28-13-11-24(34-36-30-14-12-22(20-33(30)39-34)25-15-17-38-21-25)19-32(28)37(31)26-7-5-6-23(18-26)29-9-3-4-16-35-29/h1-21H. The molecule has 0 fully saturated rings. The van der Waals surface area contributed by atoms with Gasteiger partial charge in [0.1, 0.15) is 5.01 Å². The minimum Gasteiger partial charge on any atom is -0.472 e. The molecule has 0 aliphatic rings. The van der Waals surface area contributed by atoms with Gasteiger partial charge < -0.3 is 8.98 Å². The summed E-state index contributed by atoms with van der Waals surface area (Å²) in [4.78, 5) is 9.57. The molecule has 0 bridgehead atoms. The summed E-state index contributed by atoms with van der Waals surface area (Å²) in [5.74, 6) is 0. The maximum absolute atomic E-state index is 5.28. The number of nitrogens with zero attached hydrogens (tertiary/aromatic N) is 3. The molecule has 4 aromatic carbocycles. The largest absolute Gasteiger partial charge is 0.472 e. The number of aromatic nitrogens is 3. The van der Waals surface area contributed by atoms with Gasteiger partial charge in [0.15, 0.2) is 0 Å². The van der Waals surface area contributed by atoms with Crippen LogP contribution in [0, 0.1) is 0 Å². The summed E-state index contributed by atoms with van der Waals surface area (Å²) >= 11 is 1.72. The van der Waals surface area contributed by atoms with Crippen LogP contribution in [0.25, 0.3) is 70.7 Å². The van der Waals surface area contributed by atoms with Gasteiger partial charge in [0, 0.05) is 39.3 Å². The summed E-state index contributed by atoms with van der Waals surface area (Å²) in [6, 6.07) is 38.3. The maximum Gasteiger partial charge on any atom is 0.124 e. The molecule has 0 saturated heterocycles. The fourth-order valence-corrected chi connectivity index (χ4v) is 6.38. The third kappa shape index (κ3) is 3.67. The molecule has 4 nitrogen and oxygen atoms in total. The monoisotopic (exact) mass is 519 g/mol. The minimum atomic E-state index is 0.963. The highest BCUT2D eigenvalue weighted by Crippen LogP contribution is 2.38. The first-order valence-corrected chi connectivity index (χ1v) is 13.6. The zero-order chi connectivity index (χ0) is 25.8. The molecule has 0 aliphatic carbocycles. The van der Waals surface area contributed by atoms with Crippen LogP contribution in [-0.4, -0.2) is 14.5 Å². The lowest BCUT2D eigenvalue weighted by atomic mass is 10.1. The van der Waals surface area contributed by atoms with E-state index in [-0.39, 0.29) is 0 Å². The highest BCUT2D eigenvalue weighted by atomic mass is 32.1. The second-order valence-electron chi connectivity index (χ2n) is 9.56. The van der Waals surface area contributed by atoms with Crippen molar-refractivity contribution in [2.75, 3.05) is 0 Å². The Hall–Kier alpha value is -5.00. The molecule has 4 aromatic heterocycles. The third-order valence-corrected chi connectivity index (χ3v) is 8.30. The number of pyridine rings is 1. The molecule has 39 heavy (non-hydrogen) atoms. The van der Waals surface area contributed by atoms with Crippen LogP contribution >= 0.6 is 11.3 Å². The molecular weight excluding hydrogens is 498 g/mol. The number of hydrogen-bond donors (Lipinski definition) is 0. The van der Waals surface area contributed by atoms with Gasteiger partial charge in [0.25, 0.3) is 0 Å². The Labute approximate surface area is 228 Å². The molecule has 4 heterocycles. The number of fused-ring (bicyclic) bond motifs is 4. The van der Waals surface area contributed by atoms with Gasteiger partial charge in [-0.1, -0.05) is 54.6 Å². The first-order valence-electron chi connectivity index (χ1n) is 12.8. The number of rotatable bonds is 4. The summed E-state index contributed by atoms with van der Waals surface area (Å²) in [5, 5.41) is 3.47. The summed E-state index contributed by atoms with van der Waals surface area (Å²) in [6.45, 7) is 0. The highest BCUT2D eigenvalue weighted by molar-refractivity contribution is 7.21. The molecule has 0 atom stereocenters. The molecule has 8 rings (SSSR count). The van der Waals surface area contributed by atoms with Crippen molar-refractivity contribution in [2.45, 2.75) is 0 Å². The van der Waals surface area contributed by atoms with Crippen LogP contribution in [0.1, 0.15) is 0 Å². The molecule has 0 N–H and O–H groups in total. The van der Waals surface area contributed by atoms with Gasteiger partial charge in [0.05, 0.1) is 39.5 Å². The SMILES string of the molecule is c1ccc(-c2cccc(-n3c4ccccc4c4ccc(-c5nc6ccc(-c7ccoc7)cc6s5)cc43)c2)nc1. The number of furan rings is 1. The second kappa shape index (κ2) is 8.79. The van der Waals surface area contributed by atoms with Crippen molar-refractivity contribution in [3.8, 4) is 38.6 Å². The molecule has 5 heteroatoms. The molecule has 0 aliphatic heterocycles. The quantitative estimate of drug-likeness (QED) is 0.233. The van der Waals surface area contributed by atoms with Crippen molar-refractivity contribution in [3.63, 3.8) is 0 Å². The average Bonchev–Trinajstić information content (AvgIpc) is 3.75. The fourth-order valence-electron chi connectivity index (χ4n) is 5.38.